The highest BCUT2D eigenvalue weighted by Crippen LogP contribution is 2.26. The molecule has 2 aromatic carbocycles. The van der Waals surface area contributed by atoms with Crippen LogP contribution in [0.25, 0.3) is 0 Å². The Morgan fingerprint density at radius 2 is 1.50 bits per heavy atom. The van der Waals surface area contributed by atoms with Gasteiger partial charge in [-0.25, -0.2) is 8.78 Å². The second-order valence-corrected chi connectivity index (χ2v) is 5.78. The van der Waals surface area contributed by atoms with Crippen LogP contribution in [-0.2, 0) is 0 Å². The lowest BCUT2D eigenvalue weighted by molar-refractivity contribution is 0.422. The number of halogens is 2. The van der Waals surface area contributed by atoms with Crippen molar-refractivity contribution in [2.45, 2.75) is 37.8 Å². The number of hydrogen-bond acceptors (Lipinski definition) is 2. The number of rotatable bonds is 4. The van der Waals surface area contributed by atoms with Gasteiger partial charge in [-0.3, -0.25) is 0 Å². The molecule has 0 amide bonds. The summed E-state index contributed by atoms with van der Waals surface area (Å²) in [5, 5.41) is 6.77. The minimum atomic E-state index is -0.550. The zero-order valence-electron chi connectivity index (χ0n) is 12.4. The largest absolute Gasteiger partial charge is 0.380 e. The lowest BCUT2D eigenvalue weighted by Crippen LogP contribution is -2.41. The normalized spacial score (nSPS) is 21.4. The van der Waals surface area contributed by atoms with Crippen LogP contribution in [0.5, 0.6) is 0 Å². The van der Waals surface area contributed by atoms with Crippen LogP contribution in [0.2, 0.25) is 0 Å². The van der Waals surface area contributed by atoms with Gasteiger partial charge in [0.1, 0.15) is 11.6 Å². The van der Waals surface area contributed by atoms with Crippen molar-refractivity contribution in [3.8, 4) is 0 Å². The average molecular weight is 302 g/mol. The van der Waals surface area contributed by atoms with Gasteiger partial charge in [0.2, 0.25) is 0 Å². The molecule has 116 valence electrons. The van der Waals surface area contributed by atoms with E-state index in [-0.39, 0.29) is 12.1 Å². The second kappa shape index (κ2) is 6.77. The average Bonchev–Trinajstić information content (AvgIpc) is 2.53. The lowest BCUT2D eigenvalue weighted by Gasteiger charge is -2.34. The molecule has 0 saturated heterocycles. The summed E-state index contributed by atoms with van der Waals surface area (Å²) < 4.78 is 26.8. The molecule has 0 aliphatic heterocycles. The van der Waals surface area contributed by atoms with Crippen LogP contribution in [0.3, 0.4) is 0 Å². The summed E-state index contributed by atoms with van der Waals surface area (Å²) in [4.78, 5) is 0. The predicted molar refractivity (Wildman–Crippen MR) is 86.1 cm³/mol. The Kier molecular flexibility index (Phi) is 4.56. The quantitative estimate of drug-likeness (QED) is 0.847. The maximum Gasteiger partial charge on any atom is 0.149 e. The van der Waals surface area contributed by atoms with E-state index < -0.39 is 11.6 Å². The molecule has 3 rings (SSSR count). The molecule has 0 heterocycles. The number of hydrogen-bond donors (Lipinski definition) is 2. The van der Waals surface area contributed by atoms with Crippen LogP contribution in [0.15, 0.2) is 48.5 Å². The van der Waals surface area contributed by atoms with E-state index >= 15 is 0 Å². The minimum absolute atomic E-state index is 0.133. The molecule has 0 unspecified atom stereocenters. The van der Waals surface area contributed by atoms with Crippen molar-refractivity contribution in [1.29, 1.82) is 0 Å². The molecule has 1 saturated carbocycles. The Labute approximate surface area is 129 Å². The Bertz CT molecular complexity index is 616. The minimum Gasteiger partial charge on any atom is -0.380 e. The summed E-state index contributed by atoms with van der Waals surface area (Å²) in [6.45, 7) is 0. The molecule has 22 heavy (non-hydrogen) atoms. The van der Waals surface area contributed by atoms with Crippen molar-refractivity contribution in [3.05, 3.63) is 60.2 Å². The zero-order valence-corrected chi connectivity index (χ0v) is 12.4. The molecular formula is C18H20F2N2. The van der Waals surface area contributed by atoms with Crippen molar-refractivity contribution >= 4 is 11.4 Å². The SMILES string of the molecule is Fc1ccc(N[C@H]2CCCC[C@@H]2Nc2ccccc2)c(F)c1. The fourth-order valence-electron chi connectivity index (χ4n) is 3.03. The first-order chi connectivity index (χ1) is 10.7. The molecule has 2 aromatic rings. The van der Waals surface area contributed by atoms with Crippen LogP contribution in [0, 0.1) is 11.6 Å². The van der Waals surface area contributed by atoms with E-state index in [9.17, 15) is 8.78 Å². The van der Waals surface area contributed by atoms with Gasteiger partial charge >= 0.3 is 0 Å². The molecule has 2 atom stereocenters. The number of benzene rings is 2. The highest BCUT2D eigenvalue weighted by atomic mass is 19.1. The third-order valence-electron chi connectivity index (χ3n) is 4.16. The van der Waals surface area contributed by atoms with Crippen molar-refractivity contribution in [1.82, 2.24) is 0 Å². The van der Waals surface area contributed by atoms with Gasteiger partial charge in [0.05, 0.1) is 5.69 Å². The van der Waals surface area contributed by atoms with Crippen LogP contribution in [-0.4, -0.2) is 12.1 Å². The molecule has 1 fully saturated rings. The summed E-state index contributed by atoms with van der Waals surface area (Å²) in [6, 6.07) is 14.1. The molecular weight excluding hydrogens is 282 g/mol. The molecule has 0 spiro atoms. The van der Waals surface area contributed by atoms with Crippen LogP contribution < -0.4 is 10.6 Å². The van der Waals surface area contributed by atoms with E-state index in [0.717, 1.165) is 37.4 Å². The lowest BCUT2D eigenvalue weighted by atomic mass is 9.89. The molecule has 4 heteroatoms. The van der Waals surface area contributed by atoms with E-state index in [1.54, 1.807) is 0 Å². The molecule has 1 aliphatic rings. The topological polar surface area (TPSA) is 24.1 Å². The van der Waals surface area contributed by atoms with Gasteiger partial charge in [-0.2, -0.15) is 0 Å². The molecule has 1 aliphatic carbocycles. The van der Waals surface area contributed by atoms with Gasteiger partial charge in [0.25, 0.3) is 0 Å². The van der Waals surface area contributed by atoms with Gasteiger partial charge in [0, 0.05) is 23.8 Å². The second-order valence-electron chi connectivity index (χ2n) is 5.78. The first-order valence-electron chi connectivity index (χ1n) is 7.75. The highest BCUT2D eigenvalue weighted by Gasteiger charge is 2.25. The van der Waals surface area contributed by atoms with E-state index in [1.807, 2.05) is 30.3 Å². The fraction of sp³-hybridized carbons (Fsp3) is 0.333. The van der Waals surface area contributed by atoms with E-state index in [4.69, 9.17) is 0 Å². The molecule has 0 radical (unpaired) electrons. The van der Waals surface area contributed by atoms with E-state index in [2.05, 4.69) is 10.6 Å². The number of anilines is 2. The Morgan fingerprint density at radius 1 is 0.818 bits per heavy atom. The molecule has 0 aromatic heterocycles. The summed E-state index contributed by atoms with van der Waals surface area (Å²) in [5.74, 6) is -1.09. The first-order valence-corrected chi connectivity index (χ1v) is 7.75. The van der Waals surface area contributed by atoms with Crippen molar-refractivity contribution in [2.75, 3.05) is 10.6 Å². The summed E-state index contributed by atoms with van der Waals surface area (Å²) in [6.07, 6.45) is 4.29. The van der Waals surface area contributed by atoms with Crippen LogP contribution in [0.4, 0.5) is 20.2 Å². The Balaban J connectivity index is 1.72. The molecule has 2 nitrogen and oxygen atoms in total. The smallest absolute Gasteiger partial charge is 0.149 e. The number of nitrogens with one attached hydrogen (secondary N) is 2. The van der Waals surface area contributed by atoms with Crippen LogP contribution >= 0.6 is 0 Å². The highest BCUT2D eigenvalue weighted by molar-refractivity contribution is 5.48. The van der Waals surface area contributed by atoms with Gasteiger partial charge in [-0.1, -0.05) is 31.0 Å². The Morgan fingerprint density at radius 3 is 2.18 bits per heavy atom. The number of para-hydroxylation sites is 1. The van der Waals surface area contributed by atoms with Gasteiger partial charge in [-0.15, -0.1) is 0 Å². The maximum atomic E-state index is 13.8. The fourth-order valence-corrected chi connectivity index (χ4v) is 3.03. The van der Waals surface area contributed by atoms with Gasteiger partial charge in [-0.05, 0) is 37.1 Å². The summed E-state index contributed by atoms with van der Waals surface area (Å²) >= 11 is 0. The standard InChI is InChI=1S/C18H20F2N2/c19-13-10-11-16(15(20)12-13)22-18-9-5-4-8-17(18)21-14-6-2-1-3-7-14/h1-3,6-7,10-12,17-18,21-22H,4-5,8-9H2/t17-,18-/m0/s1. The third kappa shape index (κ3) is 3.56. The van der Waals surface area contributed by atoms with Crippen LogP contribution in [0.1, 0.15) is 25.7 Å². The summed E-state index contributed by atoms with van der Waals surface area (Å²) in [7, 11) is 0. The van der Waals surface area contributed by atoms with E-state index in [0.29, 0.717) is 5.69 Å². The maximum absolute atomic E-state index is 13.8. The first kappa shape index (κ1) is 14.8. The zero-order chi connectivity index (χ0) is 15.4. The predicted octanol–water partition coefficient (Wildman–Crippen LogP) is 4.80. The van der Waals surface area contributed by atoms with Crippen molar-refractivity contribution in [3.63, 3.8) is 0 Å². The third-order valence-corrected chi connectivity index (χ3v) is 4.16. The molecule has 2 N–H and O–H groups in total. The van der Waals surface area contributed by atoms with Crippen molar-refractivity contribution in [2.24, 2.45) is 0 Å². The Hall–Kier alpha value is -2.10. The monoisotopic (exact) mass is 302 g/mol. The van der Waals surface area contributed by atoms with Gasteiger partial charge in [0.15, 0.2) is 0 Å². The van der Waals surface area contributed by atoms with Gasteiger partial charge < -0.3 is 10.6 Å². The summed E-state index contributed by atoms with van der Waals surface area (Å²) in [5.41, 5.74) is 1.44. The van der Waals surface area contributed by atoms with E-state index in [1.165, 1.54) is 12.1 Å². The molecule has 0 bridgehead atoms. The van der Waals surface area contributed by atoms with Crippen molar-refractivity contribution < 1.29 is 8.78 Å².